The van der Waals surface area contributed by atoms with Gasteiger partial charge in [-0.15, -0.1) is 0 Å². The monoisotopic (exact) mass is 246 g/mol. The first-order valence-corrected chi connectivity index (χ1v) is 5.62. The van der Waals surface area contributed by atoms with Crippen molar-refractivity contribution in [3.8, 4) is 0 Å². The third kappa shape index (κ3) is 1.77. The molecule has 18 heavy (non-hydrogen) atoms. The Kier molecular flexibility index (Phi) is 2.90. The third-order valence-corrected chi connectivity index (χ3v) is 3.23. The number of imide groups is 1. The normalized spacial score (nSPS) is 28.8. The molecule has 2 rings (SSSR count). The molecule has 3 amide bonds. The van der Waals surface area contributed by atoms with Crippen molar-refractivity contribution in [2.75, 3.05) is 6.54 Å². The van der Waals surface area contributed by atoms with E-state index in [9.17, 15) is 14.4 Å². The lowest BCUT2D eigenvalue weighted by Gasteiger charge is -2.28. The summed E-state index contributed by atoms with van der Waals surface area (Å²) < 4.78 is 0. The second kappa shape index (κ2) is 4.25. The minimum Gasteiger partial charge on any atom is -0.351 e. The highest BCUT2D eigenvalue weighted by Crippen LogP contribution is 2.37. The van der Waals surface area contributed by atoms with Gasteiger partial charge in [-0.2, -0.15) is 0 Å². The maximum absolute atomic E-state index is 11.9. The number of allylic oxidation sites excluding steroid dienone is 2. The van der Waals surface area contributed by atoms with Crippen molar-refractivity contribution in [3.63, 3.8) is 0 Å². The number of carbonyl (C=O) groups excluding carboxylic acids is 3. The lowest BCUT2D eigenvalue weighted by atomic mass is 9.74. The van der Waals surface area contributed by atoms with Crippen molar-refractivity contribution >= 4 is 17.7 Å². The fourth-order valence-electron chi connectivity index (χ4n) is 2.15. The summed E-state index contributed by atoms with van der Waals surface area (Å²) in [6.45, 7) is 5.19. The number of rotatable bonds is 3. The zero-order valence-electron chi connectivity index (χ0n) is 10.0. The molecule has 2 atom stereocenters. The Morgan fingerprint density at radius 3 is 2.89 bits per heavy atom. The summed E-state index contributed by atoms with van der Waals surface area (Å²) in [7, 11) is 0. The molecule has 2 unspecified atom stereocenters. The van der Waals surface area contributed by atoms with Gasteiger partial charge in [0.25, 0.3) is 0 Å². The van der Waals surface area contributed by atoms with E-state index in [-0.39, 0.29) is 24.3 Å². The van der Waals surface area contributed by atoms with Crippen LogP contribution in [-0.2, 0) is 14.4 Å². The van der Waals surface area contributed by atoms with Gasteiger partial charge in [-0.25, -0.2) is 0 Å². The Bertz CT molecular complexity index is 504. The van der Waals surface area contributed by atoms with E-state index in [1.807, 2.05) is 0 Å². The molecular formula is C13H14N2O3. The van der Waals surface area contributed by atoms with Gasteiger partial charge < -0.3 is 5.32 Å². The van der Waals surface area contributed by atoms with Crippen LogP contribution in [0.1, 0.15) is 6.92 Å². The van der Waals surface area contributed by atoms with Crippen molar-refractivity contribution in [1.29, 1.82) is 0 Å². The zero-order chi connectivity index (χ0) is 13.3. The first-order chi connectivity index (χ1) is 8.47. The van der Waals surface area contributed by atoms with E-state index in [0.29, 0.717) is 5.57 Å². The lowest BCUT2D eigenvalue weighted by Crippen LogP contribution is -2.44. The molecule has 2 aliphatic rings. The summed E-state index contributed by atoms with van der Waals surface area (Å²) in [6.07, 6.45) is 6.77. The molecule has 0 bridgehead atoms. The van der Waals surface area contributed by atoms with Crippen LogP contribution in [0.4, 0.5) is 0 Å². The van der Waals surface area contributed by atoms with Crippen LogP contribution in [0.2, 0.25) is 0 Å². The first kappa shape index (κ1) is 12.3. The quantitative estimate of drug-likeness (QED) is 0.546. The number of nitrogens with one attached hydrogen (secondary N) is 2. The van der Waals surface area contributed by atoms with Gasteiger partial charge in [0.15, 0.2) is 0 Å². The molecule has 1 aliphatic carbocycles. The molecule has 0 radical (unpaired) electrons. The summed E-state index contributed by atoms with van der Waals surface area (Å²) in [6, 6.07) is 0. The van der Waals surface area contributed by atoms with E-state index >= 15 is 0 Å². The van der Waals surface area contributed by atoms with Crippen molar-refractivity contribution in [3.05, 3.63) is 36.5 Å². The van der Waals surface area contributed by atoms with Gasteiger partial charge in [0.05, 0.1) is 5.92 Å². The molecule has 5 nitrogen and oxygen atoms in total. The number of fused-ring (bicyclic) bond motifs is 1. The SMILES string of the molecule is C=C(C)C(=O)NCC12C=CC=CC1C(=O)NC2=O. The standard InChI is InChI=1S/C13H14N2O3/c1-8(2)10(16)14-7-13-6-4-3-5-9(13)11(17)15-12(13)18/h3-6,9H,1,7H2,2H3,(H,14,16)(H,15,17,18). The summed E-state index contributed by atoms with van der Waals surface area (Å²) >= 11 is 0. The van der Waals surface area contributed by atoms with Gasteiger partial charge in [0.2, 0.25) is 17.7 Å². The molecule has 0 aromatic rings. The van der Waals surface area contributed by atoms with E-state index in [1.54, 1.807) is 31.2 Å². The molecule has 1 heterocycles. The van der Waals surface area contributed by atoms with E-state index in [1.165, 1.54) is 0 Å². The second-order valence-corrected chi connectivity index (χ2v) is 4.54. The van der Waals surface area contributed by atoms with Crippen molar-refractivity contribution in [1.82, 2.24) is 10.6 Å². The number of amides is 3. The zero-order valence-corrected chi connectivity index (χ0v) is 10.0. The number of hydrogen-bond donors (Lipinski definition) is 2. The maximum Gasteiger partial charge on any atom is 0.246 e. The summed E-state index contributed by atoms with van der Waals surface area (Å²) in [5, 5.41) is 4.93. The molecule has 1 saturated heterocycles. The summed E-state index contributed by atoms with van der Waals surface area (Å²) in [5.41, 5.74) is -0.639. The largest absolute Gasteiger partial charge is 0.351 e. The van der Waals surface area contributed by atoms with Crippen LogP contribution >= 0.6 is 0 Å². The molecular weight excluding hydrogens is 232 g/mol. The Morgan fingerprint density at radius 1 is 1.50 bits per heavy atom. The van der Waals surface area contributed by atoms with Gasteiger partial charge in [-0.3, -0.25) is 19.7 Å². The van der Waals surface area contributed by atoms with Gasteiger partial charge in [-0.1, -0.05) is 30.9 Å². The van der Waals surface area contributed by atoms with Crippen LogP contribution in [0.5, 0.6) is 0 Å². The second-order valence-electron chi connectivity index (χ2n) is 4.54. The van der Waals surface area contributed by atoms with Crippen LogP contribution in [0.15, 0.2) is 36.5 Å². The fraction of sp³-hybridized carbons (Fsp3) is 0.308. The molecule has 2 N–H and O–H groups in total. The van der Waals surface area contributed by atoms with Gasteiger partial charge in [0.1, 0.15) is 5.41 Å². The number of hydrogen-bond acceptors (Lipinski definition) is 3. The van der Waals surface area contributed by atoms with E-state index in [2.05, 4.69) is 17.2 Å². The molecule has 0 aromatic heterocycles. The van der Waals surface area contributed by atoms with Crippen LogP contribution in [0.3, 0.4) is 0 Å². The Balaban J connectivity index is 2.22. The van der Waals surface area contributed by atoms with E-state index < -0.39 is 11.3 Å². The molecule has 0 spiro atoms. The Hall–Kier alpha value is -2.17. The maximum atomic E-state index is 11.9. The fourth-order valence-corrected chi connectivity index (χ4v) is 2.15. The van der Waals surface area contributed by atoms with Crippen LogP contribution in [0.25, 0.3) is 0 Å². The number of carbonyl (C=O) groups is 3. The molecule has 1 fully saturated rings. The lowest BCUT2D eigenvalue weighted by molar-refractivity contribution is -0.127. The first-order valence-electron chi connectivity index (χ1n) is 5.62. The molecule has 94 valence electrons. The van der Waals surface area contributed by atoms with Crippen molar-refractivity contribution in [2.45, 2.75) is 6.92 Å². The third-order valence-electron chi connectivity index (χ3n) is 3.23. The predicted molar refractivity (Wildman–Crippen MR) is 65.2 cm³/mol. The Labute approximate surface area is 105 Å². The topological polar surface area (TPSA) is 75.3 Å². The Morgan fingerprint density at radius 2 is 2.22 bits per heavy atom. The van der Waals surface area contributed by atoms with Gasteiger partial charge in [0, 0.05) is 12.1 Å². The van der Waals surface area contributed by atoms with Crippen LogP contribution in [-0.4, -0.2) is 24.3 Å². The van der Waals surface area contributed by atoms with Crippen molar-refractivity contribution < 1.29 is 14.4 Å². The molecule has 0 aromatic carbocycles. The average molecular weight is 246 g/mol. The highest BCUT2D eigenvalue weighted by Gasteiger charge is 2.53. The molecule has 5 heteroatoms. The minimum absolute atomic E-state index is 0.0851. The van der Waals surface area contributed by atoms with Gasteiger partial charge in [-0.05, 0) is 6.92 Å². The van der Waals surface area contributed by atoms with E-state index in [0.717, 1.165) is 0 Å². The van der Waals surface area contributed by atoms with Crippen LogP contribution in [0, 0.1) is 11.3 Å². The smallest absolute Gasteiger partial charge is 0.246 e. The summed E-state index contributed by atoms with van der Waals surface area (Å²) in [5.74, 6) is -1.58. The van der Waals surface area contributed by atoms with E-state index in [4.69, 9.17) is 0 Å². The van der Waals surface area contributed by atoms with Gasteiger partial charge >= 0.3 is 0 Å². The highest BCUT2D eigenvalue weighted by molar-refractivity contribution is 6.10. The molecule has 1 aliphatic heterocycles. The average Bonchev–Trinajstić information content (AvgIpc) is 2.59. The van der Waals surface area contributed by atoms with Crippen molar-refractivity contribution in [2.24, 2.45) is 11.3 Å². The highest BCUT2D eigenvalue weighted by atomic mass is 16.2. The predicted octanol–water partition coefficient (Wildman–Crippen LogP) is 0.0637. The minimum atomic E-state index is -1.00. The molecule has 0 saturated carbocycles. The summed E-state index contributed by atoms with van der Waals surface area (Å²) in [4.78, 5) is 35.1. The van der Waals surface area contributed by atoms with Crippen LogP contribution < -0.4 is 10.6 Å².